The van der Waals surface area contributed by atoms with Crippen molar-refractivity contribution in [1.82, 2.24) is 19.2 Å². The van der Waals surface area contributed by atoms with Crippen LogP contribution in [0, 0.1) is 6.92 Å². The van der Waals surface area contributed by atoms with Crippen LogP contribution in [0.15, 0.2) is 79.1 Å². The summed E-state index contributed by atoms with van der Waals surface area (Å²) >= 11 is 0. The Morgan fingerprint density at radius 1 is 0.912 bits per heavy atom. The van der Waals surface area contributed by atoms with Crippen molar-refractivity contribution in [2.24, 2.45) is 0 Å². The highest BCUT2D eigenvalue weighted by Gasteiger charge is 2.20. The Morgan fingerprint density at radius 3 is 2.56 bits per heavy atom. The van der Waals surface area contributed by atoms with Crippen LogP contribution in [-0.2, 0) is 13.2 Å². The van der Waals surface area contributed by atoms with Crippen LogP contribution < -0.4 is 4.74 Å². The summed E-state index contributed by atoms with van der Waals surface area (Å²) in [7, 11) is 0. The third-order valence-corrected chi connectivity index (χ3v) is 6.26. The van der Waals surface area contributed by atoms with Gasteiger partial charge in [-0.2, -0.15) is 0 Å². The van der Waals surface area contributed by atoms with Gasteiger partial charge in [-0.1, -0.05) is 36.4 Å². The highest BCUT2D eigenvalue weighted by atomic mass is 16.5. The molecule has 4 aromatic rings. The number of ether oxygens (including phenoxy) is 1. The molecule has 0 saturated carbocycles. The molecule has 2 aromatic carbocycles. The molecule has 5 rings (SSSR count). The number of hydrogen-bond acceptors (Lipinski definition) is 4. The van der Waals surface area contributed by atoms with Crippen LogP contribution in [0.1, 0.15) is 33.6 Å². The Bertz CT molecular complexity index is 1250. The highest BCUT2D eigenvalue weighted by Crippen LogP contribution is 2.17. The molecule has 1 aliphatic heterocycles. The molecule has 34 heavy (non-hydrogen) atoms. The van der Waals surface area contributed by atoms with Crippen LogP contribution in [-0.4, -0.2) is 51.3 Å². The molecule has 3 heterocycles. The van der Waals surface area contributed by atoms with E-state index in [1.807, 2.05) is 58.0 Å². The predicted octanol–water partition coefficient (Wildman–Crippen LogP) is 4.57. The van der Waals surface area contributed by atoms with Gasteiger partial charge in [0.05, 0.1) is 5.69 Å². The molecule has 2 aromatic heterocycles. The van der Waals surface area contributed by atoms with E-state index >= 15 is 0 Å². The first-order valence-corrected chi connectivity index (χ1v) is 11.9. The van der Waals surface area contributed by atoms with Gasteiger partial charge in [-0.15, -0.1) is 0 Å². The van der Waals surface area contributed by atoms with Gasteiger partial charge < -0.3 is 14.0 Å². The van der Waals surface area contributed by atoms with Gasteiger partial charge in [0, 0.05) is 50.7 Å². The van der Waals surface area contributed by atoms with Crippen LogP contribution in [0.2, 0.25) is 0 Å². The molecule has 0 radical (unpaired) electrons. The fourth-order valence-electron chi connectivity index (χ4n) is 4.43. The molecule has 1 saturated heterocycles. The van der Waals surface area contributed by atoms with Gasteiger partial charge in [-0.05, 0) is 54.8 Å². The SMILES string of the molecule is Cc1ccc2nc(COc3ccc(C(=O)N4CCCN(Cc5ccccc5)CC4)cc3)cn2c1. The summed E-state index contributed by atoms with van der Waals surface area (Å²) in [6.07, 6.45) is 5.02. The molecule has 0 N–H and O–H groups in total. The van der Waals surface area contributed by atoms with Crippen LogP contribution in [0.4, 0.5) is 0 Å². The molecule has 6 nitrogen and oxygen atoms in total. The molecule has 174 valence electrons. The second-order valence-electron chi connectivity index (χ2n) is 8.92. The highest BCUT2D eigenvalue weighted by molar-refractivity contribution is 5.94. The zero-order valence-corrected chi connectivity index (χ0v) is 19.6. The van der Waals surface area contributed by atoms with Crippen molar-refractivity contribution >= 4 is 11.6 Å². The van der Waals surface area contributed by atoms with Gasteiger partial charge in [0.1, 0.15) is 18.0 Å². The zero-order chi connectivity index (χ0) is 23.3. The normalized spacial score (nSPS) is 14.8. The minimum absolute atomic E-state index is 0.0869. The van der Waals surface area contributed by atoms with E-state index in [9.17, 15) is 4.79 Å². The van der Waals surface area contributed by atoms with Gasteiger partial charge in [0.15, 0.2) is 0 Å². The average Bonchev–Trinajstić information content (AvgIpc) is 3.12. The van der Waals surface area contributed by atoms with E-state index in [-0.39, 0.29) is 5.91 Å². The van der Waals surface area contributed by atoms with E-state index in [1.165, 1.54) is 11.1 Å². The Kier molecular flexibility index (Phi) is 6.58. The van der Waals surface area contributed by atoms with E-state index in [4.69, 9.17) is 4.74 Å². The molecule has 0 atom stereocenters. The summed E-state index contributed by atoms with van der Waals surface area (Å²) in [6.45, 7) is 6.81. The van der Waals surface area contributed by atoms with Crippen molar-refractivity contribution in [2.75, 3.05) is 26.2 Å². The van der Waals surface area contributed by atoms with Crippen LogP contribution in [0.5, 0.6) is 5.75 Å². The molecular formula is C28H30N4O2. The summed E-state index contributed by atoms with van der Waals surface area (Å²) in [5.74, 6) is 0.818. The van der Waals surface area contributed by atoms with Crippen molar-refractivity contribution < 1.29 is 9.53 Å². The molecule has 1 amide bonds. The Hall–Kier alpha value is -3.64. The lowest BCUT2D eigenvalue weighted by Crippen LogP contribution is -2.35. The summed E-state index contributed by atoms with van der Waals surface area (Å²) in [5, 5.41) is 0. The van der Waals surface area contributed by atoms with Crippen LogP contribution >= 0.6 is 0 Å². The minimum Gasteiger partial charge on any atom is -0.487 e. The molecular weight excluding hydrogens is 424 g/mol. The lowest BCUT2D eigenvalue weighted by molar-refractivity contribution is 0.0761. The standard InChI is InChI=1S/C28H30N4O2/c1-22-8-13-27-29-25(20-32(27)18-22)21-34-26-11-9-24(10-12-26)28(33)31-15-5-14-30(16-17-31)19-23-6-3-2-4-7-23/h2-4,6-13,18,20H,5,14-17,19,21H2,1H3. The first-order chi connectivity index (χ1) is 16.6. The third kappa shape index (κ3) is 5.29. The maximum absolute atomic E-state index is 13.1. The van der Waals surface area contributed by atoms with Crippen molar-refractivity contribution in [3.63, 3.8) is 0 Å². The number of rotatable bonds is 6. The van der Waals surface area contributed by atoms with Gasteiger partial charge >= 0.3 is 0 Å². The van der Waals surface area contributed by atoms with Gasteiger partial charge in [0.2, 0.25) is 0 Å². The summed E-state index contributed by atoms with van der Waals surface area (Å²) in [5.41, 5.74) is 4.98. The van der Waals surface area contributed by atoms with Crippen molar-refractivity contribution in [1.29, 1.82) is 0 Å². The minimum atomic E-state index is 0.0869. The Balaban J connectivity index is 1.15. The van der Waals surface area contributed by atoms with E-state index in [2.05, 4.69) is 47.3 Å². The topological polar surface area (TPSA) is 50.1 Å². The smallest absolute Gasteiger partial charge is 0.253 e. The number of hydrogen-bond donors (Lipinski definition) is 0. The third-order valence-electron chi connectivity index (χ3n) is 6.26. The van der Waals surface area contributed by atoms with E-state index in [1.54, 1.807) is 0 Å². The number of amides is 1. The molecule has 6 heteroatoms. The maximum atomic E-state index is 13.1. The molecule has 1 aliphatic rings. The lowest BCUT2D eigenvalue weighted by Gasteiger charge is -2.22. The van der Waals surface area contributed by atoms with E-state index < -0.39 is 0 Å². The maximum Gasteiger partial charge on any atom is 0.253 e. The van der Waals surface area contributed by atoms with Crippen LogP contribution in [0.3, 0.4) is 0 Å². The average molecular weight is 455 g/mol. The first kappa shape index (κ1) is 22.2. The number of imidazole rings is 1. The van der Waals surface area contributed by atoms with Crippen molar-refractivity contribution in [3.05, 3.63) is 102 Å². The van der Waals surface area contributed by atoms with Gasteiger partial charge in [-0.25, -0.2) is 4.98 Å². The number of aryl methyl sites for hydroxylation is 1. The second kappa shape index (κ2) is 10.1. The number of aromatic nitrogens is 2. The number of carbonyl (C=O) groups excluding carboxylic acids is 1. The first-order valence-electron chi connectivity index (χ1n) is 11.9. The fourth-order valence-corrected chi connectivity index (χ4v) is 4.43. The summed E-state index contributed by atoms with van der Waals surface area (Å²) in [6, 6.07) is 22.0. The largest absolute Gasteiger partial charge is 0.487 e. The number of carbonyl (C=O) groups is 1. The predicted molar refractivity (Wildman–Crippen MR) is 133 cm³/mol. The lowest BCUT2D eigenvalue weighted by atomic mass is 10.2. The molecule has 1 fully saturated rings. The number of fused-ring (bicyclic) bond motifs is 1. The van der Waals surface area contributed by atoms with Gasteiger partial charge in [-0.3, -0.25) is 9.69 Å². The fraction of sp³-hybridized carbons (Fsp3) is 0.286. The Labute approximate surface area is 200 Å². The second-order valence-corrected chi connectivity index (χ2v) is 8.92. The molecule has 0 spiro atoms. The number of benzene rings is 2. The number of pyridine rings is 1. The molecule has 0 bridgehead atoms. The zero-order valence-electron chi connectivity index (χ0n) is 19.6. The molecule has 0 unspecified atom stereocenters. The quantitative estimate of drug-likeness (QED) is 0.428. The Morgan fingerprint density at radius 2 is 1.74 bits per heavy atom. The molecule has 0 aliphatic carbocycles. The van der Waals surface area contributed by atoms with Gasteiger partial charge in [0.25, 0.3) is 5.91 Å². The van der Waals surface area contributed by atoms with E-state index in [0.717, 1.165) is 56.2 Å². The monoisotopic (exact) mass is 454 g/mol. The summed E-state index contributed by atoms with van der Waals surface area (Å²) < 4.78 is 7.93. The summed E-state index contributed by atoms with van der Waals surface area (Å²) in [4.78, 5) is 22.1. The van der Waals surface area contributed by atoms with E-state index in [0.29, 0.717) is 12.2 Å². The van der Waals surface area contributed by atoms with Crippen molar-refractivity contribution in [3.8, 4) is 5.75 Å². The van der Waals surface area contributed by atoms with Crippen molar-refractivity contribution in [2.45, 2.75) is 26.5 Å². The number of nitrogens with zero attached hydrogens (tertiary/aromatic N) is 4. The van der Waals surface area contributed by atoms with Crippen LogP contribution in [0.25, 0.3) is 5.65 Å².